The van der Waals surface area contributed by atoms with Gasteiger partial charge in [-0.3, -0.25) is 4.90 Å². The third kappa shape index (κ3) is 1.93. The molecule has 2 nitrogen and oxygen atoms in total. The monoisotopic (exact) mass is 179 g/mol. The number of aliphatic hydroxyl groups is 1. The van der Waals surface area contributed by atoms with Gasteiger partial charge < -0.3 is 5.11 Å². The first kappa shape index (κ1) is 9.86. The molecule has 12 heavy (non-hydrogen) atoms. The lowest BCUT2D eigenvalue weighted by Gasteiger charge is -2.25. The lowest BCUT2D eigenvalue weighted by atomic mass is 10.2. The predicted molar refractivity (Wildman–Crippen MR) is 42.3 cm³/mol. The van der Waals surface area contributed by atoms with Crippen LogP contribution in [0.1, 0.15) is 20.3 Å². The molecule has 0 aliphatic carbocycles. The molecule has 1 heterocycles. The summed E-state index contributed by atoms with van der Waals surface area (Å²) >= 11 is 0. The molecule has 72 valence electrons. The Morgan fingerprint density at radius 2 is 2.17 bits per heavy atom. The van der Waals surface area contributed by atoms with Crippen molar-refractivity contribution in [2.75, 3.05) is 13.2 Å². The lowest BCUT2D eigenvalue weighted by molar-refractivity contribution is 0.00914. The summed E-state index contributed by atoms with van der Waals surface area (Å²) in [6, 6.07) is -0.282. The number of halogens is 2. The smallest absolute Gasteiger partial charge is 0.262 e. The number of likely N-dealkylation sites (tertiary alicyclic amines) is 1. The number of rotatable bonds is 2. The number of hydrogen-bond acceptors (Lipinski definition) is 2. The number of hydrogen-bond donors (Lipinski definition) is 1. The molecular formula is C8H15F2NO. The SMILES string of the molecule is CC(C)N1CC(F)(F)C[C@H]1CO. The molecule has 1 rings (SSSR count). The Labute approximate surface area is 71.2 Å². The van der Waals surface area contributed by atoms with Gasteiger partial charge in [0.15, 0.2) is 0 Å². The van der Waals surface area contributed by atoms with E-state index in [2.05, 4.69) is 0 Å². The second kappa shape index (κ2) is 3.26. The van der Waals surface area contributed by atoms with Crippen LogP contribution in [0.2, 0.25) is 0 Å². The Morgan fingerprint density at radius 3 is 2.50 bits per heavy atom. The van der Waals surface area contributed by atoms with Gasteiger partial charge in [0, 0.05) is 18.5 Å². The molecule has 1 N–H and O–H groups in total. The van der Waals surface area contributed by atoms with Crippen molar-refractivity contribution >= 4 is 0 Å². The highest BCUT2D eigenvalue weighted by Crippen LogP contribution is 2.32. The van der Waals surface area contributed by atoms with E-state index in [1.165, 1.54) is 0 Å². The van der Waals surface area contributed by atoms with E-state index in [-0.39, 0.29) is 31.7 Å². The van der Waals surface area contributed by atoms with E-state index in [1.807, 2.05) is 13.8 Å². The molecule has 0 aromatic carbocycles. The molecule has 0 saturated carbocycles. The fraction of sp³-hybridized carbons (Fsp3) is 1.00. The van der Waals surface area contributed by atoms with Crippen molar-refractivity contribution < 1.29 is 13.9 Å². The highest BCUT2D eigenvalue weighted by atomic mass is 19.3. The van der Waals surface area contributed by atoms with Crippen LogP contribution >= 0.6 is 0 Å². The maximum Gasteiger partial charge on any atom is 0.262 e. The first-order valence-corrected chi connectivity index (χ1v) is 4.21. The molecule has 1 atom stereocenters. The summed E-state index contributed by atoms with van der Waals surface area (Å²) in [6.07, 6.45) is -0.207. The second-order valence-corrected chi connectivity index (χ2v) is 3.66. The Hall–Kier alpha value is -0.220. The molecule has 0 unspecified atom stereocenters. The van der Waals surface area contributed by atoms with Gasteiger partial charge in [-0.25, -0.2) is 8.78 Å². The largest absolute Gasteiger partial charge is 0.395 e. The van der Waals surface area contributed by atoms with Crippen molar-refractivity contribution in [3.05, 3.63) is 0 Å². The number of nitrogens with zero attached hydrogens (tertiary/aromatic N) is 1. The Bertz CT molecular complexity index is 161. The van der Waals surface area contributed by atoms with Crippen LogP contribution in [0.5, 0.6) is 0 Å². The molecule has 4 heteroatoms. The number of aliphatic hydroxyl groups excluding tert-OH is 1. The molecule has 1 aliphatic heterocycles. The summed E-state index contributed by atoms with van der Waals surface area (Å²) in [5, 5.41) is 8.84. The highest BCUT2D eigenvalue weighted by molar-refractivity contribution is 4.91. The van der Waals surface area contributed by atoms with Crippen LogP contribution < -0.4 is 0 Å². The zero-order valence-electron chi connectivity index (χ0n) is 7.43. The summed E-state index contributed by atoms with van der Waals surface area (Å²) in [7, 11) is 0. The van der Waals surface area contributed by atoms with Crippen molar-refractivity contribution in [1.29, 1.82) is 0 Å². The number of alkyl halides is 2. The topological polar surface area (TPSA) is 23.5 Å². The van der Waals surface area contributed by atoms with Crippen LogP contribution in [0, 0.1) is 0 Å². The minimum atomic E-state index is -2.61. The van der Waals surface area contributed by atoms with E-state index in [1.54, 1.807) is 4.90 Å². The normalized spacial score (nSPS) is 30.0. The fourth-order valence-corrected chi connectivity index (χ4v) is 1.70. The van der Waals surface area contributed by atoms with Crippen molar-refractivity contribution in [3.63, 3.8) is 0 Å². The summed E-state index contributed by atoms with van der Waals surface area (Å²) < 4.78 is 25.7. The van der Waals surface area contributed by atoms with Gasteiger partial charge in [-0.05, 0) is 13.8 Å². The first-order chi connectivity index (χ1) is 5.46. The molecule has 1 aliphatic rings. The van der Waals surface area contributed by atoms with Crippen molar-refractivity contribution in [2.45, 2.75) is 38.3 Å². The average Bonchev–Trinajstić information content (AvgIpc) is 2.25. The summed E-state index contributed by atoms with van der Waals surface area (Å²) in [5.74, 6) is -2.61. The third-order valence-electron chi connectivity index (χ3n) is 2.29. The maximum atomic E-state index is 12.8. The van der Waals surface area contributed by atoms with Crippen LogP contribution in [0.15, 0.2) is 0 Å². The molecule has 1 fully saturated rings. The van der Waals surface area contributed by atoms with Crippen LogP contribution in [0.4, 0.5) is 8.78 Å². The Morgan fingerprint density at radius 1 is 1.58 bits per heavy atom. The fourth-order valence-electron chi connectivity index (χ4n) is 1.70. The molecule has 1 saturated heterocycles. The van der Waals surface area contributed by atoms with Crippen LogP contribution in [0.3, 0.4) is 0 Å². The maximum absolute atomic E-state index is 12.8. The van der Waals surface area contributed by atoms with Crippen molar-refractivity contribution in [1.82, 2.24) is 4.90 Å². The zero-order valence-corrected chi connectivity index (χ0v) is 7.43. The Kier molecular flexibility index (Phi) is 2.68. The van der Waals surface area contributed by atoms with E-state index in [4.69, 9.17) is 5.11 Å². The summed E-state index contributed by atoms with van der Waals surface area (Å²) in [4.78, 5) is 1.65. The lowest BCUT2D eigenvalue weighted by Crippen LogP contribution is -2.38. The standard InChI is InChI=1S/C8H15F2NO/c1-6(2)11-5-8(9,10)3-7(11)4-12/h6-7,12H,3-5H2,1-2H3/t7-/m0/s1. The highest BCUT2D eigenvalue weighted by Gasteiger charge is 2.45. The molecule has 0 spiro atoms. The zero-order chi connectivity index (χ0) is 9.35. The van der Waals surface area contributed by atoms with Gasteiger partial charge >= 0.3 is 0 Å². The molecule has 0 aromatic rings. The van der Waals surface area contributed by atoms with Gasteiger partial charge in [-0.1, -0.05) is 0 Å². The van der Waals surface area contributed by atoms with Crippen LogP contribution in [-0.4, -0.2) is 41.2 Å². The molecule has 0 aromatic heterocycles. The van der Waals surface area contributed by atoms with Gasteiger partial charge in [-0.2, -0.15) is 0 Å². The minimum Gasteiger partial charge on any atom is -0.395 e. The predicted octanol–water partition coefficient (Wildman–Crippen LogP) is 1.10. The van der Waals surface area contributed by atoms with Crippen molar-refractivity contribution in [2.24, 2.45) is 0 Å². The first-order valence-electron chi connectivity index (χ1n) is 4.21. The van der Waals surface area contributed by atoms with E-state index in [0.29, 0.717) is 0 Å². The molecule has 0 amide bonds. The average molecular weight is 179 g/mol. The summed E-state index contributed by atoms with van der Waals surface area (Å²) in [5.41, 5.74) is 0. The van der Waals surface area contributed by atoms with Gasteiger partial charge in [0.25, 0.3) is 5.92 Å². The van der Waals surface area contributed by atoms with Crippen LogP contribution in [-0.2, 0) is 0 Å². The van der Waals surface area contributed by atoms with Gasteiger partial charge in [-0.15, -0.1) is 0 Å². The van der Waals surface area contributed by atoms with Gasteiger partial charge in [0.05, 0.1) is 13.2 Å². The molecular weight excluding hydrogens is 164 g/mol. The van der Waals surface area contributed by atoms with Gasteiger partial charge in [0.2, 0.25) is 0 Å². The van der Waals surface area contributed by atoms with Crippen LogP contribution in [0.25, 0.3) is 0 Å². The van der Waals surface area contributed by atoms with E-state index in [0.717, 1.165) is 0 Å². The quantitative estimate of drug-likeness (QED) is 0.686. The Balaban J connectivity index is 2.63. The third-order valence-corrected chi connectivity index (χ3v) is 2.29. The van der Waals surface area contributed by atoms with E-state index in [9.17, 15) is 8.78 Å². The second-order valence-electron chi connectivity index (χ2n) is 3.66. The minimum absolute atomic E-state index is 0.0792. The molecule has 0 bridgehead atoms. The summed E-state index contributed by atoms with van der Waals surface area (Å²) in [6.45, 7) is 3.35. The van der Waals surface area contributed by atoms with E-state index < -0.39 is 5.92 Å². The van der Waals surface area contributed by atoms with E-state index >= 15 is 0 Å². The van der Waals surface area contributed by atoms with Gasteiger partial charge in [0.1, 0.15) is 0 Å². The molecule has 0 radical (unpaired) electrons. The van der Waals surface area contributed by atoms with Crippen molar-refractivity contribution in [3.8, 4) is 0 Å².